The Morgan fingerprint density at radius 1 is 1.23 bits per heavy atom. The van der Waals surface area contributed by atoms with Crippen molar-refractivity contribution in [2.45, 2.75) is 103 Å². The van der Waals surface area contributed by atoms with Gasteiger partial charge in [0.2, 0.25) is 0 Å². The Labute approximate surface area is 186 Å². The number of ether oxygens (including phenoxy) is 4. The van der Waals surface area contributed by atoms with Crippen LogP contribution in [0.5, 0.6) is 0 Å². The summed E-state index contributed by atoms with van der Waals surface area (Å²) in [5.41, 5.74) is 1.63. The van der Waals surface area contributed by atoms with E-state index in [9.17, 15) is 9.90 Å². The number of allylic oxidation sites excluding steroid dienone is 2. The van der Waals surface area contributed by atoms with E-state index in [4.69, 9.17) is 18.9 Å². The van der Waals surface area contributed by atoms with Crippen molar-refractivity contribution in [1.29, 1.82) is 0 Å². The van der Waals surface area contributed by atoms with Crippen LogP contribution in [0.3, 0.4) is 0 Å². The number of carbonyl (C=O) groups excluding carboxylic acids is 1. The second-order valence-corrected chi connectivity index (χ2v) is 9.88. The minimum absolute atomic E-state index is 0.0760. The summed E-state index contributed by atoms with van der Waals surface area (Å²) < 4.78 is 23.6. The summed E-state index contributed by atoms with van der Waals surface area (Å²) >= 11 is 0. The minimum atomic E-state index is -0.910. The Kier molecular flexibility index (Phi) is 6.87. The van der Waals surface area contributed by atoms with Crippen molar-refractivity contribution < 1.29 is 28.8 Å². The maximum absolute atomic E-state index is 12.4. The Balaban J connectivity index is 1.76. The fourth-order valence-electron chi connectivity index (χ4n) is 4.35. The fraction of sp³-hybridized carbons (Fsp3) is 0.720. The molecule has 2 heterocycles. The number of esters is 1. The van der Waals surface area contributed by atoms with Crippen LogP contribution in [0, 0.1) is 5.92 Å². The normalized spacial score (nSPS) is 37.6. The highest BCUT2D eigenvalue weighted by Crippen LogP contribution is 2.53. The SMILES string of the molecule is C=C(C(CC1OC1(C)C)OC/C(C)=C\C)[C@H]1C[C@H]2O[C@@]2(C)[C@H](OC(=O)/C(C)=C\C)[C@@H]1O. The minimum Gasteiger partial charge on any atom is -0.453 e. The molecule has 31 heavy (non-hydrogen) atoms. The van der Waals surface area contributed by atoms with Crippen LogP contribution in [-0.4, -0.2) is 59.4 Å². The van der Waals surface area contributed by atoms with Crippen molar-refractivity contribution in [1.82, 2.24) is 0 Å². The maximum Gasteiger partial charge on any atom is 0.333 e. The number of hydrogen-bond acceptors (Lipinski definition) is 6. The smallest absolute Gasteiger partial charge is 0.333 e. The average Bonchev–Trinajstić information content (AvgIpc) is 3.58. The zero-order chi connectivity index (χ0) is 23.1. The van der Waals surface area contributed by atoms with E-state index in [1.165, 1.54) is 0 Å². The van der Waals surface area contributed by atoms with Crippen LogP contribution in [0.1, 0.15) is 61.3 Å². The van der Waals surface area contributed by atoms with Gasteiger partial charge in [0.25, 0.3) is 0 Å². The third-order valence-electron chi connectivity index (χ3n) is 7.21. The molecule has 0 aromatic heterocycles. The molecular formula is C25H38O6. The van der Waals surface area contributed by atoms with Crippen LogP contribution >= 0.6 is 0 Å². The van der Waals surface area contributed by atoms with Crippen molar-refractivity contribution in [2.24, 2.45) is 5.92 Å². The molecule has 0 spiro atoms. The second-order valence-electron chi connectivity index (χ2n) is 9.88. The molecule has 2 unspecified atom stereocenters. The van der Waals surface area contributed by atoms with Gasteiger partial charge in [-0.1, -0.05) is 24.3 Å². The lowest BCUT2D eigenvalue weighted by atomic mass is 9.73. The predicted molar refractivity (Wildman–Crippen MR) is 119 cm³/mol. The van der Waals surface area contributed by atoms with Crippen molar-refractivity contribution in [3.05, 3.63) is 35.5 Å². The molecule has 6 nitrogen and oxygen atoms in total. The molecule has 0 aromatic rings. The van der Waals surface area contributed by atoms with E-state index in [1.54, 1.807) is 19.9 Å². The zero-order valence-corrected chi connectivity index (χ0v) is 19.9. The van der Waals surface area contributed by atoms with E-state index < -0.39 is 23.8 Å². The summed E-state index contributed by atoms with van der Waals surface area (Å²) in [4.78, 5) is 12.4. The highest BCUT2D eigenvalue weighted by molar-refractivity contribution is 5.87. The molecule has 3 rings (SSSR count). The molecule has 2 saturated heterocycles. The largest absolute Gasteiger partial charge is 0.453 e. The van der Waals surface area contributed by atoms with Gasteiger partial charge in [0, 0.05) is 17.9 Å². The summed E-state index contributed by atoms with van der Waals surface area (Å²) in [5, 5.41) is 11.3. The third-order valence-corrected chi connectivity index (χ3v) is 7.21. The lowest BCUT2D eigenvalue weighted by Crippen LogP contribution is -2.52. The molecule has 0 amide bonds. The number of fused-ring (bicyclic) bond motifs is 1. The maximum atomic E-state index is 12.4. The first-order chi connectivity index (χ1) is 14.4. The van der Waals surface area contributed by atoms with Gasteiger partial charge in [-0.2, -0.15) is 0 Å². The molecule has 7 atom stereocenters. The number of carbonyl (C=O) groups is 1. The molecule has 0 bridgehead atoms. The molecule has 2 aliphatic heterocycles. The highest BCUT2D eigenvalue weighted by atomic mass is 16.7. The van der Waals surface area contributed by atoms with Gasteiger partial charge < -0.3 is 24.1 Å². The van der Waals surface area contributed by atoms with Gasteiger partial charge >= 0.3 is 5.97 Å². The predicted octanol–water partition coefficient (Wildman–Crippen LogP) is 3.88. The van der Waals surface area contributed by atoms with E-state index in [0.29, 0.717) is 25.0 Å². The van der Waals surface area contributed by atoms with E-state index in [2.05, 4.69) is 20.4 Å². The summed E-state index contributed by atoms with van der Waals surface area (Å²) in [6.07, 6.45) is 3.12. The Bertz CT molecular complexity index is 781. The van der Waals surface area contributed by atoms with E-state index in [1.807, 2.05) is 26.8 Å². The van der Waals surface area contributed by atoms with Crippen molar-refractivity contribution >= 4 is 5.97 Å². The first-order valence-electron chi connectivity index (χ1n) is 11.2. The van der Waals surface area contributed by atoms with E-state index in [-0.39, 0.29) is 29.8 Å². The van der Waals surface area contributed by atoms with Gasteiger partial charge in [-0.15, -0.1) is 0 Å². The Hall–Kier alpha value is -1.47. The second kappa shape index (κ2) is 8.81. The van der Waals surface area contributed by atoms with Crippen molar-refractivity contribution in [3.8, 4) is 0 Å². The number of aliphatic hydroxyl groups excluding tert-OH is 1. The molecule has 1 aliphatic carbocycles. The number of rotatable bonds is 9. The topological polar surface area (TPSA) is 80.8 Å². The molecule has 1 N–H and O–H groups in total. The molecule has 3 aliphatic rings. The molecule has 3 fully saturated rings. The number of epoxide rings is 2. The first-order valence-corrected chi connectivity index (χ1v) is 11.2. The molecule has 0 aromatic carbocycles. The molecule has 6 heteroatoms. The Morgan fingerprint density at radius 3 is 2.42 bits per heavy atom. The van der Waals surface area contributed by atoms with Crippen molar-refractivity contribution in [2.75, 3.05) is 6.61 Å². The lowest BCUT2D eigenvalue weighted by Gasteiger charge is -2.38. The van der Waals surface area contributed by atoms with Gasteiger partial charge in [-0.3, -0.25) is 0 Å². The van der Waals surface area contributed by atoms with Gasteiger partial charge in [-0.25, -0.2) is 4.79 Å². The monoisotopic (exact) mass is 434 g/mol. The van der Waals surface area contributed by atoms with Crippen molar-refractivity contribution in [3.63, 3.8) is 0 Å². The molecular weight excluding hydrogens is 396 g/mol. The van der Waals surface area contributed by atoms with Crippen LogP contribution in [0.2, 0.25) is 0 Å². The summed E-state index contributed by atoms with van der Waals surface area (Å²) in [6.45, 7) is 18.3. The lowest BCUT2D eigenvalue weighted by molar-refractivity contribution is -0.159. The average molecular weight is 435 g/mol. The molecule has 174 valence electrons. The van der Waals surface area contributed by atoms with E-state index in [0.717, 1.165) is 11.1 Å². The number of aliphatic hydroxyl groups is 1. The molecule has 0 radical (unpaired) electrons. The first kappa shape index (κ1) is 24.2. The molecule has 1 saturated carbocycles. The van der Waals surface area contributed by atoms with Crippen LogP contribution in [0.4, 0.5) is 0 Å². The van der Waals surface area contributed by atoms with Gasteiger partial charge in [0.1, 0.15) is 11.7 Å². The van der Waals surface area contributed by atoms with Gasteiger partial charge in [0.05, 0.1) is 30.5 Å². The summed E-state index contributed by atoms with van der Waals surface area (Å²) in [6, 6.07) is 0. The van der Waals surface area contributed by atoms with Crippen LogP contribution in [0.25, 0.3) is 0 Å². The van der Waals surface area contributed by atoms with E-state index >= 15 is 0 Å². The van der Waals surface area contributed by atoms with Crippen LogP contribution in [0.15, 0.2) is 35.5 Å². The quantitative estimate of drug-likeness (QED) is 0.257. The van der Waals surface area contributed by atoms with Gasteiger partial charge in [0.15, 0.2) is 6.10 Å². The van der Waals surface area contributed by atoms with Crippen LogP contribution in [-0.2, 0) is 23.7 Å². The van der Waals surface area contributed by atoms with Crippen LogP contribution < -0.4 is 0 Å². The zero-order valence-electron chi connectivity index (χ0n) is 19.9. The number of hydrogen-bond donors (Lipinski definition) is 1. The standard InChI is InChI=1S/C25H38O6/c1-9-14(3)13-28-18(12-19-24(6,7)30-19)16(5)17-11-20-25(8,31-20)22(21(17)26)29-23(27)15(4)10-2/h9-10,17-22,26H,5,11-13H2,1-4,6-8H3/b14-9-,15-10-/t17-,18?,19?,20-,21-,22-,25-/m1/s1. The summed E-state index contributed by atoms with van der Waals surface area (Å²) in [5.74, 6) is -0.722. The highest BCUT2D eigenvalue weighted by Gasteiger charge is 2.67. The Morgan fingerprint density at radius 2 is 1.87 bits per heavy atom. The third kappa shape index (κ3) is 4.98. The summed E-state index contributed by atoms with van der Waals surface area (Å²) in [7, 11) is 0. The van der Waals surface area contributed by atoms with Gasteiger partial charge in [-0.05, 0) is 60.5 Å². The fourth-order valence-corrected chi connectivity index (χ4v) is 4.35.